The number of nitrogens with one attached hydrogen (secondary N) is 3. The summed E-state index contributed by atoms with van der Waals surface area (Å²) >= 11 is 0. The molecule has 0 saturated carbocycles. The first-order valence-electron chi connectivity index (χ1n) is 11.8. The average Bonchev–Trinajstić information content (AvgIpc) is 2.85. The maximum absolute atomic E-state index is 12.3. The normalized spacial score (nSPS) is 10.4. The molecule has 0 aliphatic rings. The van der Waals surface area contributed by atoms with Gasteiger partial charge in [-0.1, -0.05) is 56.2 Å². The molecule has 0 atom stereocenters. The van der Waals surface area contributed by atoms with Crippen LogP contribution in [0.15, 0.2) is 78.9 Å². The van der Waals surface area contributed by atoms with Gasteiger partial charge in [-0.25, -0.2) is 0 Å². The molecular formula is C28H33N3O3. The van der Waals surface area contributed by atoms with E-state index in [9.17, 15) is 9.59 Å². The largest absolute Gasteiger partial charge is 0.493 e. The Morgan fingerprint density at radius 3 is 2.26 bits per heavy atom. The Hall–Kier alpha value is -3.80. The fourth-order valence-corrected chi connectivity index (χ4v) is 3.42. The molecule has 6 heteroatoms. The number of hydrogen-bond donors (Lipinski definition) is 3. The van der Waals surface area contributed by atoms with E-state index in [4.69, 9.17) is 4.74 Å². The van der Waals surface area contributed by atoms with E-state index in [0.29, 0.717) is 18.7 Å². The monoisotopic (exact) mass is 459 g/mol. The summed E-state index contributed by atoms with van der Waals surface area (Å²) in [4.78, 5) is 24.3. The van der Waals surface area contributed by atoms with Crippen molar-refractivity contribution in [1.82, 2.24) is 0 Å². The van der Waals surface area contributed by atoms with Crippen LogP contribution in [-0.4, -0.2) is 25.0 Å². The van der Waals surface area contributed by atoms with Gasteiger partial charge in [0.25, 0.3) is 0 Å². The SMILES string of the molecule is CCCCCC(=O)Nc1cccc(NCC(=O)Nc2ccc(OCCc3ccccc3)cc2)c1. The second-order valence-corrected chi connectivity index (χ2v) is 8.10. The average molecular weight is 460 g/mol. The van der Waals surface area contributed by atoms with Crippen LogP contribution in [0.4, 0.5) is 17.1 Å². The minimum absolute atomic E-state index is 0.0100. The van der Waals surface area contributed by atoms with Gasteiger partial charge in [-0.15, -0.1) is 0 Å². The van der Waals surface area contributed by atoms with Crippen LogP contribution in [0, 0.1) is 0 Å². The first-order valence-corrected chi connectivity index (χ1v) is 11.8. The van der Waals surface area contributed by atoms with Crippen molar-refractivity contribution in [2.24, 2.45) is 0 Å². The molecular weight excluding hydrogens is 426 g/mol. The molecule has 0 unspecified atom stereocenters. The molecule has 34 heavy (non-hydrogen) atoms. The first kappa shape index (κ1) is 24.8. The fourth-order valence-electron chi connectivity index (χ4n) is 3.42. The first-order chi connectivity index (χ1) is 16.6. The lowest BCUT2D eigenvalue weighted by Crippen LogP contribution is -2.21. The van der Waals surface area contributed by atoms with Crippen molar-refractivity contribution >= 4 is 28.9 Å². The van der Waals surface area contributed by atoms with E-state index >= 15 is 0 Å². The molecule has 0 fully saturated rings. The lowest BCUT2D eigenvalue weighted by atomic mass is 10.2. The van der Waals surface area contributed by atoms with Crippen LogP contribution in [0.5, 0.6) is 5.75 Å². The predicted molar refractivity (Wildman–Crippen MR) is 138 cm³/mol. The fraction of sp³-hybridized carbons (Fsp3) is 0.286. The molecule has 3 rings (SSSR count). The summed E-state index contributed by atoms with van der Waals surface area (Å²) in [6.45, 7) is 2.82. The molecule has 0 spiro atoms. The third-order valence-electron chi connectivity index (χ3n) is 5.25. The van der Waals surface area contributed by atoms with Crippen LogP contribution < -0.4 is 20.7 Å². The van der Waals surface area contributed by atoms with Gasteiger partial charge < -0.3 is 20.7 Å². The number of anilines is 3. The number of carbonyl (C=O) groups is 2. The van der Waals surface area contributed by atoms with Crippen LogP contribution in [0.2, 0.25) is 0 Å². The number of hydrogen-bond acceptors (Lipinski definition) is 4. The smallest absolute Gasteiger partial charge is 0.243 e. The number of unbranched alkanes of at least 4 members (excludes halogenated alkanes) is 2. The molecule has 0 saturated heterocycles. The quantitative estimate of drug-likeness (QED) is 0.279. The van der Waals surface area contributed by atoms with E-state index < -0.39 is 0 Å². The topological polar surface area (TPSA) is 79.5 Å². The molecule has 3 aromatic carbocycles. The third kappa shape index (κ3) is 8.98. The minimum atomic E-state index is -0.160. The van der Waals surface area contributed by atoms with E-state index in [1.807, 2.05) is 66.7 Å². The maximum Gasteiger partial charge on any atom is 0.243 e. The molecule has 3 N–H and O–H groups in total. The van der Waals surface area contributed by atoms with Gasteiger partial charge in [0.1, 0.15) is 5.75 Å². The Balaban J connectivity index is 1.39. The molecule has 3 aromatic rings. The second-order valence-electron chi connectivity index (χ2n) is 8.10. The van der Waals surface area contributed by atoms with Gasteiger partial charge in [0.05, 0.1) is 13.2 Å². The van der Waals surface area contributed by atoms with Crippen LogP contribution in [0.25, 0.3) is 0 Å². The maximum atomic E-state index is 12.3. The molecule has 0 aromatic heterocycles. The van der Waals surface area contributed by atoms with E-state index in [0.717, 1.165) is 42.8 Å². The van der Waals surface area contributed by atoms with Gasteiger partial charge >= 0.3 is 0 Å². The lowest BCUT2D eigenvalue weighted by Gasteiger charge is -2.11. The molecule has 0 radical (unpaired) electrons. The van der Waals surface area contributed by atoms with E-state index in [2.05, 4.69) is 35.0 Å². The number of amides is 2. The molecule has 6 nitrogen and oxygen atoms in total. The summed E-state index contributed by atoms with van der Waals surface area (Å²) in [7, 11) is 0. The number of carbonyl (C=O) groups excluding carboxylic acids is 2. The van der Waals surface area contributed by atoms with Crippen LogP contribution in [0.3, 0.4) is 0 Å². The van der Waals surface area contributed by atoms with Gasteiger partial charge in [0.15, 0.2) is 0 Å². The van der Waals surface area contributed by atoms with Crippen molar-refractivity contribution in [3.05, 3.63) is 84.4 Å². The summed E-state index contributed by atoms with van der Waals surface area (Å²) < 4.78 is 5.79. The summed E-state index contributed by atoms with van der Waals surface area (Å²) in [5.74, 6) is 0.614. The zero-order valence-electron chi connectivity index (χ0n) is 19.7. The van der Waals surface area contributed by atoms with Crippen LogP contribution in [0.1, 0.15) is 38.2 Å². The van der Waals surface area contributed by atoms with E-state index in [-0.39, 0.29) is 18.4 Å². The second kappa shape index (κ2) is 13.7. The molecule has 0 aliphatic carbocycles. The predicted octanol–water partition coefficient (Wildman–Crippen LogP) is 5.88. The highest BCUT2D eigenvalue weighted by molar-refractivity contribution is 5.94. The van der Waals surface area contributed by atoms with Gasteiger partial charge in [-0.2, -0.15) is 0 Å². The Kier molecular flexibility index (Phi) is 9.99. The van der Waals surface area contributed by atoms with E-state index in [1.54, 1.807) is 0 Å². The summed E-state index contributed by atoms with van der Waals surface area (Å²) in [6, 6.07) is 24.9. The molecule has 178 valence electrons. The van der Waals surface area contributed by atoms with Crippen molar-refractivity contribution in [3.63, 3.8) is 0 Å². The van der Waals surface area contributed by atoms with Gasteiger partial charge in [0, 0.05) is 29.9 Å². The van der Waals surface area contributed by atoms with Crippen molar-refractivity contribution < 1.29 is 14.3 Å². The standard InChI is InChI=1S/C28H33N3O3/c1-2-3-5-13-27(32)31-25-12-8-11-24(20-25)29-21-28(33)30-23-14-16-26(17-15-23)34-19-18-22-9-6-4-7-10-22/h4,6-12,14-17,20,29H,2-3,5,13,18-19,21H2,1H3,(H,30,33)(H,31,32). The highest BCUT2D eigenvalue weighted by atomic mass is 16.5. The Labute approximate surface area is 201 Å². The highest BCUT2D eigenvalue weighted by Crippen LogP contribution is 2.17. The highest BCUT2D eigenvalue weighted by Gasteiger charge is 2.06. The van der Waals surface area contributed by atoms with E-state index in [1.165, 1.54) is 5.56 Å². The Morgan fingerprint density at radius 1 is 0.765 bits per heavy atom. The number of rotatable bonds is 13. The summed E-state index contributed by atoms with van der Waals surface area (Å²) in [5, 5.41) is 8.87. The molecule has 0 bridgehead atoms. The zero-order valence-corrected chi connectivity index (χ0v) is 19.7. The molecule has 0 aliphatic heterocycles. The Bertz CT molecular complexity index is 1040. The number of benzene rings is 3. The minimum Gasteiger partial charge on any atom is -0.493 e. The van der Waals surface area contributed by atoms with Crippen LogP contribution >= 0.6 is 0 Å². The molecule has 2 amide bonds. The Morgan fingerprint density at radius 2 is 1.50 bits per heavy atom. The van der Waals surface area contributed by atoms with Crippen LogP contribution in [-0.2, 0) is 16.0 Å². The van der Waals surface area contributed by atoms with Crippen molar-refractivity contribution in [2.75, 3.05) is 29.1 Å². The van der Waals surface area contributed by atoms with Gasteiger partial charge in [-0.3, -0.25) is 9.59 Å². The lowest BCUT2D eigenvalue weighted by molar-refractivity contribution is -0.116. The third-order valence-corrected chi connectivity index (χ3v) is 5.25. The summed E-state index contributed by atoms with van der Waals surface area (Å²) in [5.41, 5.74) is 3.42. The number of ether oxygens (including phenoxy) is 1. The van der Waals surface area contributed by atoms with Crippen molar-refractivity contribution in [3.8, 4) is 5.75 Å². The van der Waals surface area contributed by atoms with Crippen molar-refractivity contribution in [1.29, 1.82) is 0 Å². The van der Waals surface area contributed by atoms with Crippen molar-refractivity contribution in [2.45, 2.75) is 39.0 Å². The van der Waals surface area contributed by atoms with Gasteiger partial charge in [0.2, 0.25) is 11.8 Å². The zero-order chi connectivity index (χ0) is 24.0. The van der Waals surface area contributed by atoms with Gasteiger partial charge in [-0.05, 0) is 54.4 Å². The summed E-state index contributed by atoms with van der Waals surface area (Å²) in [6.07, 6.45) is 4.39. The molecule has 0 heterocycles.